The molecule has 0 amide bonds. The zero-order chi connectivity index (χ0) is 12.4. The predicted molar refractivity (Wildman–Crippen MR) is 74.5 cm³/mol. The van der Waals surface area contributed by atoms with E-state index in [1.54, 1.807) is 0 Å². The standard InChI is InChI=1S/C17H16O/c18-12-11-17-15-7-3-1-5-13(15)9-10-14-6-2-4-8-16(14)17/h1-8,11,18H,9-10,12H2. The summed E-state index contributed by atoms with van der Waals surface area (Å²) in [5.74, 6) is 0. The largest absolute Gasteiger partial charge is 0.392 e. The number of benzene rings is 2. The van der Waals surface area contributed by atoms with Crippen LogP contribution in [0.25, 0.3) is 5.57 Å². The fraction of sp³-hybridized carbons (Fsp3) is 0.176. The van der Waals surface area contributed by atoms with E-state index in [2.05, 4.69) is 48.5 Å². The van der Waals surface area contributed by atoms with Crippen LogP contribution in [0, 0.1) is 0 Å². The Bertz CT molecular complexity index is 547. The van der Waals surface area contributed by atoms with Gasteiger partial charge in [0.25, 0.3) is 0 Å². The van der Waals surface area contributed by atoms with Gasteiger partial charge >= 0.3 is 0 Å². The lowest BCUT2D eigenvalue weighted by molar-refractivity contribution is 0.343. The highest BCUT2D eigenvalue weighted by atomic mass is 16.2. The van der Waals surface area contributed by atoms with Gasteiger partial charge in [0.2, 0.25) is 0 Å². The van der Waals surface area contributed by atoms with Gasteiger partial charge in [-0.15, -0.1) is 0 Å². The molecular weight excluding hydrogens is 220 g/mol. The van der Waals surface area contributed by atoms with Crippen molar-refractivity contribution in [3.8, 4) is 0 Å². The Balaban J connectivity index is 2.25. The topological polar surface area (TPSA) is 20.2 Å². The summed E-state index contributed by atoms with van der Waals surface area (Å²) in [6.45, 7) is 0.0814. The highest BCUT2D eigenvalue weighted by Crippen LogP contribution is 2.32. The molecule has 0 bridgehead atoms. The Morgan fingerprint density at radius 3 is 1.83 bits per heavy atom. The molecule has 0 radical (unpaired) electrons. The third-order valence-electron chi connectivity index (χ3n) is 3.57. The van der Waals surface area contributed by atoms with E-state index in [-0.39, 0.29) is 6.61 Å². The first-order chi connectivity index (χ1) is 8.90. The van der Waals surface area contributed by atoms with Crippen molar-refractivity contribution in [2.24, 2.45) is 0 Å². The Kier molecular flexibility index (Phi) is 2.99. The average Bonchev–Trinajstić information content (AvgIpc) is 2.58. The Hall–Kier alpha value is -1.86. The number of aliphatic hydroxyl groups excluding tert-OH is 1. The second-order valence-electron chi connectivity index (χ2n) is 4.61. The summed E-state index contributed by atoms with van der Waals surface area (Å²) in [6.07, 6.45) is 4.05. The first kappa shape index (κ1) is 11.2. The van der Waals surface area contributed by atoms with Crippen LogP contribution in [-0.2, 0) is 12.8 Å². The van der Waals surface area contributed by atoms with Crippen molar-refractivity contribution in [1.29, 1.82) is 0 Å². The summed E-state index contributed by atoms with van der Waals surface area (Å²) in [4.78, 5) is 0. The Labute approximate surface area is 107 Å². The second-order valence-corrected chi connectivity index (χ2v) is 4.61. The summed E-state index contributed by atoms with van der Waals surface area (Å²) in [6, 6.07) is 17.0. The van der Waals surface area contributed by atoms with Crippen molar-refractivity contribution in [1.82, 2.24) is 0 Å². The maximum atomic E-state index is 9.29. The van der Waals surface area contributed by atoms with Crippen LogP contribution in [0.15, 0.2) is 54.6 Å². The number of hydrogen-bond donors (Lipinski definition) is 1. The molecule has 90 valence electrons. The monoisotopic (exact) mass is 236 g/mol. The molecule has 1 nitrogen and oxygen atoms in total. The molecule has 1 aliphatic carbocycles. The number of rotatable bonds is 1. The molecule has 0 unspecified atom stereocenters. The van der Waals surface area contributed by atoms with Crippen LogP contribution in [0.3, 0.4) is 0 Å². The molecule has 0 spiro atoms. The van der Waals surface area contributed by atoms with E-state index in [9.17, 15) is 5.11 Å². The van der Waals surface area contributed by atoms with Crippen LogP contribution >= 0.6 is 0 Å². The number of fused-ring (bicyclic) bond motifs is 2. The molecular formula is C17H16O. The molecule has 1 aliphatic rings. The molecule has 2 aromatic rings. The van der Waals surface area contributed by atoms with Crippen LogP contribution in [0.2, 0.25) is 0 Å². The highest BCUT2D eigenvalue weighted by Gasteiger charge is 2.16. The van der Waals surface area contributed by atoms with E-state index in [1.165, 1.54) is 27.8 Å². The minimum atomic E-state index is 0.0814. The lowest BCUT2D eigenvalue weighted by Gasteiger charge is -2.11. The van der Waals surface area contributed by atoms with Gasteiger partial charge in [-0.3, -0.25) is 0 Å². The summed E-state index contributed by atoms with van der Waals surface area (Å²) in [5.41, 5.74) is 6.43. The number of aliphatic hydroxyl groups is 1. The van der Waals surface area contributed by atoms with Crippen LogP contribution in [-0.4, -0.2) is 11.7 Å². The van der Waals surface area contributed by atoms with E-state index in [0.717, 1.165) is 12.8 Å². The van der Waals surface area contributed by atoms with Gasteiger partial charge in [0.15, 0.2) is 0 Å². The number of hydrogen-bond acceptors (Lipinski definition) is 1. The molecule has 3 rings (SSSR count). The number of aryl methyl sites for hydroxylation is 2. The molecule has 0 atom stereocenters. The van der Waals surface area contributed by atoms with Gasteiger partial charge in [0.1, 0.15) is 0 Å². The molecule has 18 heavy (non-hydrogen) atoms. The lowest BCUT2D eigenvalue weighted by Crippen LogP contribution is -1.93. The van der Waals surface area contributed by atoms with Crippen molar-refractivity contribution < 1.29 is 5.11 Å². The highest BCUT2D eigenvalue weighted by molar-refractivity contribution is 5.83. The molecule has 0 saturated carbocycles. The average molecular weight is 236 g/mol. The third-order valence-corrected chi connectivity index (χ3v) is 3.57. The Morgan fingerprint density at radius 1 is 0.833 bits per heavy atom. The minimum Gasteiger partial charge on any atom is -0.392 e. The van der Waals surface area contributed by atoms with Crippen LogP contribution in [0.1, 0.15) is 22.3 Å². The van der Waals surface area contributed by atoms with Crippen molar-refractivity contribution in [2.75, 3.05) is 6.61 Å². The molecule has 1 N–H and O–H groups in total. The van der Waals surface area contributed by atoms with Crippen LogP contribution in [0.5, 0.6) is 0 Å². The van der Waals surface area contributed by atoms with E-state index >= 15 is 0 Å². The maximum absolute atomic E-state index is 9.29. The van der Waals surface area contributed by atoms with Gasteiger partial charge in [0, 0.05) is 0 Å². The predicted octanol–water partition coefficient (Wildman–Crippen LogP) is 3.21. The van der Waals surface area contributed by atoms with Crippen molar-refractivity contribution >= 4 is 5.57 Å². The first-order valence-corrected chi connectivity index (χ1v) is 6.37. The SMILES string of the molecule is OCC=C1c2ccccc2CCc2ccccc21. The zero-order valence-corrected chi connectivity index (χ0v) is 10.3. The zero-order valence-electron chi connectivity index (χ0n) is 10.3. The third kappa shape index (κ3) is 1.87. The Morgan fingerprint density at radius 2 is 1.33 bits per heavy atom. The summed E-state index contributed by atoms with van der Waals surface area (Å²) < 4.78 is 0. The van der Waals surface area contributed by atoms with Gasteiger partial charge in [-0.05, 0) is 40.7 Å². The van der Waals surface area contributed by atoms with Gasteiger partial charge in [-0.25, -0.2) is 0 Å². The molecule has 0 saturated heterocycles. The molecule has 0 heterocycles. The van der Waals surface area contributed by atoms with E-state index in [1.807, 2.05) is 6.08 Å². The van der Waals surface area contributed by atoms with Crippen molar-refractivity contribution in [3.63, 3.8) is 0 Å². The van der Waals surface area contributed by atoms with Crippen LogP contribution < -0.4 is 0 Å². The first-order valence-electron chi connectivity index (χ1n) is 6.37. The quantitative estimate of drug-likeness (QED) is 0.806. The summed E-state index contributed by atoms with van der Waals surface area (Å²) in [7, 11) is 0. The molecule has 0 fully saturated rings. The second kappa shape index (κ2) is 4.79. The van der Waals surface area contributed by atoms with Crippen LogP contribution in [0.4, 0.5) is 0 Å². The molecule has 1 heteroatoms. The summed E-state index contributed by atoms with van der Waals surface area (Å²) in [5, 5.41) is 9.29. The van der Waals surface area contributed by atoms with Gasteiger partial charge < -0.3 is 5.11 Å². The normalized spacial score (nSPS) is 13.5. The lowest BCUT2D eigenvalue weighted by atomic mass is 9.94. The fourth-order valence-electron chi connectivity index (χ4n) is 2.73. The molecule has 0 aromatic heterocycles. The van der Waals surface area contributed by atoms with Crippen molar-refractivity contribution in [3.05, 3.63) is 76.9 Å². The van der Waals surface area contributed by atoms with Gasteiger partial charge in [0.05, 0.1) is 6.61 Å². The van der Waals surface area contributed by atoms with E-state index < -0.39 is 0 Å². The van der Waals surface area contributed by atoms with E-state index in [4.69, 9.17) is 0 Å². The smallest absolute Gasteiger partial charge is 0.0621 e. The van der Waals surface area contributed by atoms with Gasteiger partial charge in [-0.1, -0.05) is 54.6 Å². The maximum Gasteiger partial charge on any atom is 0.0621 e. The fourth-order valence-corrected chi connectivity index (χ4v) is 2.73. The van der Waals surface area contributed by atoms with Gasteiger partial charge in [-0.2, -0.15) is 0 Å². The molecule has 2 aromatic carbocycles. The molecule has 0 aliphatic heterocycles. The van der Waals surface area contributed by atoms with E-state index in [0.29, 0.717) is 0 Å². The minimum absolute atomic E-state index is 0.0814. The van der Waals surface area contributed by atoms with Crippen molar-refractivity contribution in [2.45, 2.75) is 12.8 Å². The summed E-state index contributed by atoms with van der Waals surface area (Å²) >= 11 is 0.